The number of amides is 2. The van der Waals surface area contributed by atoms with Crippen LogP contribution in [0.25, 0.3) is 11.4 Å². The lowest BCUT2D eigenvalue weighted by atomic mass is 10.1. The van der Waals surface area contributed by atoms with Crippen molar-refractivity contribution in [2.45, 2.75) is 19.4 Å². The molecule has 1 aliphatic rings. The highest BCUT2D eigenvalue weighted by molar-refractivity contribution is 5.76. The number of carbonyl (C=O) groups is 2. The fraction of sp³-hybridized carbons (Fsp3) is 0.333. The van der Waals surface area contributed by atoms with E-state index >= 15 is 0 Å². The molecule has 0 radical (unpaired) electrons. The average molecular weight is 340 g/mol. The third-order valence-corrected chi connectivity index (χ3v) is 4.09. The summed E-state index contributed by atoms with van der Waals surface area (Å²) in [5, 5.41) is 2.73. The number of esters is 1. The summed E-state index contributed by atoms with van der Waals surface area (Å²) in [4.78, 5) is 34.0. The zero-order valence-corrected chi connectivity index (χ0v) is 14.1. The number of urea groups is 1. The number of hydrogen-bond donors (Lipinski definition) is 1. The van der Waals surface area contributed by atoms with Crippen LogP contribution >= 0.6 is 0 Å². The number of nitrogens with zero attached hydrogens (tertiary/aromatic N) is 3. The highest BCUT2D eigenvalue weighted by Gasteiger charge is 2.22. The molecule has 2 heterocycles. The lowest BCUT2D eigenvalue weighted by Crippen LogP contribution is -2.43. The molecule has 130 valence electrons. The molecule has 1 N–H and O–H groups in total. The van der Waals surface area contributed by atoms with E-state index in [2.05, 4.69) is 20.0 Å². The zero-order chi connectivity index (χ0) is 17.6. The molecule has 2 aromatic rings. The topological polar surface area (TPSA) is 84.4 Å². The van der Waals surface area contributed by atoms with Crippen LogP contribution in [0.1, 0.15) is 17.7 Å². The average Bonchev–Trinajstić information content (AvgIpc) is 2.67. The van der Waals surface area contributed by atoms with Crippen LogP contribution in [-0.2, 0) is 22.5 Å². The fourth-order valence-electron chi connectivity index (χ4n) is 2.70. The third-order valence-electron chi connectivity index (χ3n) is 4.09. The van der Waals surface area contributed by atoms with Crippen LogP contribution < -0.4 is 5.32 Å². The second-order valence-electron chi connectivity index (χ2n) is 5.76. The number of rotatable bonds is 4. The summed E-state index contributed by atoms with van der Waals surface area (Å²) in [6.07, 6.45) is 2.64. The highest BCUT2D eigenvalue weighted by Crippen LogP contribution is 2.20. The van der Waals surface area contributed by atoms with Gasteiger partial charge in [0, 0.05) is 36.8 Å². The van der Waals surface area contributed by atoms with E-state index in [9.17, 15) is 9.59 Å². The molecule has 0 unspecified atom stereocenters. The summed E-state index contributed by atoms with van der Waals surface area (Å²) < 4.78 is 4.55. The van der Waals surface area contributed by atoms with Crippen molar-refractivity contribution >= 4 is 12.0 Å². The SMILES string of the molecule is COC(=O)CCNC(=O)N1CCc2nc(-c3ccccc3)ncc2C1. The molecule has 0 fully saturated rings. The number of nitrogens with one attached hydrogen (secondary N) is 1. The van der Waals surface area contributed by atoms with Gasteiger partial charge in [-0.1, -0.05) is 30.3 Å². The van der Waals surface area contributed by atoms with Gasteiger partial charge in [0.2, 0.25) is 0 Å². The van der Waals surface area contributed by atoms with E-state index in [1.165, 1.54) is 7.11 Å². The largest absolute Gasteiger partial charge is 0.469 e. The molecule has 0 saturated heterocycles. The van der Waals surface area contributed by atoms with Gasteiger partial charge in [0.25, 0.3) is 0 Å². The molecule has 25 heavy (non-hydrogen) atoms. The number of methoxy groups -OCH3 is 1. The number of ether oxygens (including phenoxy) is 1. The molecule has 1 aliphatic heterocycles. The van der Waals surface area contributed by atoms with Crippen LogP contribution in [-0.4, -0.2) is 47.1 Å². The summed E-state index contributed by atoms with van der Waals surface area (Å²) >= 11 is 0. The van der Waals surface area contributed by atoms with Crippen LogP contribution in [0.2, 0.25) is 0 Å². The van der Waals surface area contributed by atoms with Gasteiger partial charge in [-0.2, -0.15) is 0 Å². The first kappa shape index (κ1) is 16.9. The minimum Gasteiger partial charge on any atom is -0.469 e. The van der Waals surface area contributed by atoms with Crippen molar-refractivity contribution in [2.24, 2.45) is 0 Å². The van der Waals surface area contributed by atoms with Gasteiger partial charge in [-0.05, 0) is 0 Å². The quantitative estimate of drug-likeness (QED) is 0.858. The Labute approximate surface area is 146 Å². The fourth-order valence-corrected chi connectivity index (χ4v) is 2.70. The number of fused-ring (bicyclic) bond motifs is 1. The van der Waals surface area contributed by atoms with Gasteiger partial charge in [-0.25, -0.2) is 14.8 Å². The van der Waals surface area contributed by atoms with Crippen molar-refractivity contribution in [3.05, 3.63) is 47.8 Å². The molecule has 7 heteroatoms. The first-order valence-electron chi connectivity index (χ1n) is 8.17. The Kier molecular flexibility index (Phi) is 5.23. The Morgan fingerprint density at radius 3 is 2.84 bits per heavy atom. The molecule has 1 aromatic heterocycles. The van der Waals surface area contributed by atoms with E-state index in [1.54, 1.807) is 11.1 Å². The van der Waals surface area contributed by atoms with Crippen molar-refractivity contribution in [3.8, 4) is 11.4 Å². The van der Waals surface area contributed by atoms with Crippen molar-refractivity contribution in [1.29, 1.82) is 0 Å². The molecule has 3 rings (SSSR count). The molecule has 0 bridgehead atoms. The maximum absolute atomic E-state index is 12.2. The van der Waals surface area contributed by atoms with E-state index in [4.69, 9.17) is 0 Å². The maximum atomic E-state index is 12.2. The van der Waals surface area contributed by atoms with Crippen molar-refractivity contribution in [3.63, 3.8) is 0 Å². The van der Waals surface area contributed by atoms with E-state index < -0.39 is 0 Å². The zero-order valence-electron chi connectivity index (χ0n) is 14.1. The Bertz CT molecular complexity index is 764. The van der Waals surface area contributed by atoms with Crippen LogP contribution in [0.15, 0.2) is 36.5 Å². The molecule has 2 amide bonds. The van der Waals surface area contributed by atoms with Crippen LogP contribution in [0.3, 0.4) is 0 Å². The van der Waals surface area contributed by atoms with Crippen molar-refractivity contribution in [2.75, 3.05) is 20.2 Å². The molecule has 1 aromatic carbocycles. The Morgan fingerprint density at radius 2 is 2.08 bits per heavy atom. The summed E-state index contributed by atoms with van der Waals surface area (Å²) in [6, 6.07) is 9.63. The number of benzene rings is 1. The first-order valence-corrected chi connectivity index (χ1v) is 8.17. The minimum absolute atomic E-state index is 0.163. The molecule has 7 nitrogen and oxygen atoms in total. The lowest BCUT2D eigenvalue weighted by molar-refractivity contribution is -0.140. The number of carbonyl (C=O) groups excluding carboxylic acids is 2. The van der Waals surface area contributed by atoms with Crippen LogP contribution in [0.4, 0.5) is 4.79 Å². The van der Waals surface area contributed by atoms with Crippen molar-refractivity contribution < 1.29 is 14.3 Å². The van der Waals surface area contributed by atoms with E-state index in [1.807, 2.05) is 30.3 Å². The second-order valence-corrected chi connectivity index (χ2v) is 5.76. The highest BCUT2D eigenvalue weighted by atomic mass is 16.5. The minimum atomic E-state index is -0.342. The normalized spacial score (nSPS) is 13.1. The Balaban J connectivity index is 1.62. The van der Waals surface area contributed by atoms with Crippen LogP contribution in [0, 0.1) is 0 Å². The lowest BCUT2D eigenvalue weighted by Gasteiger charge is -2.28. The molecule has 0 saturated carbocycles. The standard InChI is InChI=1S/C18H20N4O3/c1-25-16(23)7-9-19-18(24)22-10-8-15-14(12-22)11-20-17(21-15)13-5-3-2-4-6-13/h2-6,11H,7-10,12H2,1H3,(H,19,24). The summed E-state index contributed by atoms with van der Waals surface area (Å²) in [5.41, 5.74) is 2.91. The number of aromatic nitrogens is 2. The monoisotopic (exact) mass is 340 g/mol. The van der Waals surface area contributed by atoms with E-state index in [0.29, 0.717) is 25.3 Å². The van der Waals surface area contributed by atoms with Gasteiger partial charge in [0.1, 0.15) is 0 Å². The van der Waals surface area contributed by atoms with Gasteiger partial charge < -0.3 is 15.0 Å². The third kappa shape index (κ3) is 4.12. The Hall–Kier alpha value is -2.96. The Morgan fingerprint density at radius 1 is 1.28 bits per heavy atom. The van der Waals surface area contributed by atoms with E-state index in [-0.39, 0.29) is 25.0 Å². The summed E-state index contributed by atoms with van der Waals surface area (Å²) in [7, 11) is 1.33. The molecular formula is C18H20N4O3. The van der Waals surface area contributed by atoms with E-state index in [0.717, 1.165) is 16.8 Å². The van der Waals surface area contributed by atoms with Crippen molar-refractivity contribution in [1.82, 2.24) is 20.2 Å². The number of hydrogen-bond acceptors (Lipinski definition) is 5. The first-order chi connectivity index (χ1) is 12.2. The molecule has 0 spiro atoms. The van der Waals surface area contributed by atoms with Gasteiger partial charge in [-0.3, -0.25) is 4.79 Å². The van der Waals surface area contributed by atoms with Gasteiger partial charge in [-0.15, -0.1) is 0 Å². The predicted molar refractivity (Wildman–Crippen MR) is 91.6 cm³/mol. The second kappa shape index (κ2) is 7.74. The van der Waals surface area contributed by atoms with Gasteiger partial charge >= 0.3 is 12.0 Å². The smallest absolute Gasteiger partial charge is 0.317 e. The maximum Gasteiger partial charge on any atom is 0.317 e. The van der Waals surface area contributed by atoms with Gasteiger partial charge in [0.15, 0.2) is 5.82 Å². The van der Waals surface area contributed by atoms with Gasteiger partial charge in [0.05, 0.1) is 25.8 Å². The molecule has 0 aliphatic carbocycles. The predicted octanol–water partition coefficient (Wildman–Crippen LogP) is 1.77. The van der Waals surface area contributed by atoms with Crippen LogP contribution in [0.5, 0.6) is 0 Å². The molecule has 0 atom stereocenters. The summed E-state index contributed by atoms with van der Waals surface area (Å²) in [6.45, 7) is 1.31. The summed E-state index contributed by atoms with van der Waals surface area (Å²) in [5.74, 6) is 0.362. The molecular weight excluding hydrogens is 320 g/mol.